The molecule has 0 heterocycles. The molecule has 0 rings (SSSR count). The molecule has 10 nitrogen and oxygen atoms in total. The van der Waals surface area contributed by atoms with Crippen LogP contribution in [0.2, 0.25) is 0 Å². The van der Waals surface area contributed by atoms with Crippen LogP contribution in [0.25, 0.3) is 0 Å². The van der Waals surface area contributed by atoms with Crippen LogP contribution in [0.15, 0.2) is 0 Å². The predicted molar refractivity (Wildman–Crippen MR) is 63.8 cm³/mol. The van der Waals surface area contributed by atoms with Gasteiger partial charge in [0.05, 0.1) is 30.0 Å². The van der Waals surface area contributed by atoms with E-state index in [4.69, 9.17) is 0 Å². The van der Waals surface area contributed by atoms with E-state index in [0.717, 1.165) is 6.92 Å². The molecule has 0 unspecified atom stereocenters. The van der Waals surface area contributed by atoms with Crippen molar-refractivity contribution in [2.45, 2.75) is 32.9 Å². The third-order valence-corrected chi connectivity index (χ3v) is 2.52. The van der Waals surface area contributed by atoms with Gasteiger partial charge in [-0.3, -0.25) is 29.8 Å². The zero-order valence-corrected chi connectivity index (χ0v) is 11.4. The molecule has 0 aromatic carbocycles. The number of carbonyl (C=O) groups excluding carboxylic acids is 2. The Hall–Kier alpha value is -2.26. The highest BCUT2D eigenvalue weighted by Gasteiger charge is 2.55. The molecule has 0 atom stereocenters. The van der Waals surface area contributed by atoms with Gasteiger partial charge < -0.3 is 9.47 Å². The third-order valence-electron chi connectivity index (χ3n) is 2.52. The van der Waals surface area contributed by atoms with Crippen LogP contribution in [0.5, 0.6) is 0 Å². The fraction of sp³-hybridized carbons (Fsp3) is 0.800. The summed E-state index contributed by atoms with van der Waals surface area (Å²) in [6.45, 7) is 3.53. The average Bonchev–Trinajstić information content (AvgIpc) is 2.35. The largest absolute Gasteiger partial charge is 0.465 e. The quantitative estimate of drug-likeness (QED) is 0.206. The first-order valence-corrected chi connectivity index (χ1v) is 5.82. The summed E-state index contributed by atoms with van der Waals surface area (Å²) in [5, 5.41) is 21.6. The number of carbonyl (C=O) groups is 2. The second-order valence-corrected chi connectivity index (χ2v) is 3.99. The first kappa shape index (κ1) is 17.7. The smallest absolute Gasteiger partial charge is 0.457 e. The van der Waals surface area contributed by atoms with Crippen molar-refractivity contribution in [1.29, 1.82) is 0 Å². The summed E-state index contributed by atoms with van der Waals surface area (Å²) < 4.78 is 9.18. The topological polar surface area (TPSA) is 139 Å². The van der Waals surface area contributed by atoms with E-state index in [1.165, 1.54) is 13.8 Å². The number of nitrogens with zero attached hydrogens (tertiary/aromatic N) is 2. The van der Waals surface area contributed by atoms with E-state index in [1.807, 2.05) is 0 Å². The summed E-state index contributed by atoms with van der Waals surface area (Å²) in [6, 6.07) is 0. The molecule has 20 heavy (non-hydrogen) atoms. The molecule has 0 N–H and O–H groups in total. The SMILES string of the molecule is CCOC(=O)C(CC(C)([N+](=O)[O-])[N+](=O)[O-])C(=O)OCC. The minimum Gasteiger partial charge on any atom is -0.465 e. The highest BCUT2D eigenvalue weighted by molar-refractivity contribution is 5.94. The maximum atomic E-state index is 11.6. The van der Waals surface area contributed by atoms with Gasteiger partial charge in [0.1, 0.15) is 6.42 Å². The Morgan fingerprint density at radius 1 is 1.05 bits per heavy atom. The number of nitro groups is 2. The molecule has 0 aliphatic rings. The van der Waals surface area contributed by atoms with Crippen LogP contribution < -0.4 is 0 Å². The molecule has 0 radical (unpaired) electrons. The van der Waals surface area contributed by atoms with Crippen LogP contribution in [-0.2, 0) is 19.1 Å². The van der Waals surface area contributed by atoms with Gasteiger partial charge in [-0.2, -0.15) is 0 Å². The highest BCUT2D eigenvalue weighted by Crippen LogP contribution is 2.23. The van der Waals surface area contributed by atoms with Crippen molar-refractivity contribution < 1.29 is 28.9 Å². The summed E-state index contributed by atoms with van der Waals surface area (Å²) in [4.78, 5) is 42.6. The second-order valence-electron chi connectivity index (χ2n) is 3.99. The number of hydrogen-bond acceptors (Lipinski definition) is 8. The molecule has 0 saturated carbocycles. The van der Waals surface area contributed by atoms with Gasteiger partial charge in [0.2, 0.25) is 0 Å². The summed E-state index contributed by atoms with van der Waals surface area (Å²) in [5.74, 6) is -3.88. The molecule has 0 aromatic rings. The Labute approximate surface area is 114 Å². The van der Waals surface area contributed by atoms with Crippen LogP contribution in [0, 0.1) is 26.1 Å². The van der Waals surface area contributed by atoms with E-state index in [0.29, 0.717) is 0 Å². The lowest BCUT2D eigenvalue weighted by molar-refractivity contribution is -0.793. The number of esters is 2. The van der Waals surface area contributed by atoms with Gasteiger partial charge >= 0.3 is 17.6 Å². The van der Waals surface area contributed by atoms with Crippen LogP contribution in [0.4, 0.5) is 0 Å². The van der Waals surface area contributed by atoms with Crippen molar-refractivity contribution in [2.75, 3.05) is 13.2 Å². The van der Waals surface area contributed by atoms with Crippen molar-refractivity contribution >= 4 is 11.9 Å². The van der Waals surface area contributed by atoms with Gasteiger partial charge in [-0.1, -0.05) is 0 Å². The lowest BCUT2D eigenvalue weighted by Crippen LogP contribution is -2.47. The van der Waals surface area contributed by atoms with Crippen molar-refractivity contribution in [3.8, 4) is 0 Å². The summed E-state index contributed by atoms with van der Waals surface area (Å²) >= 11 is 0. The lowest BCUT2D eigenvalue weighted by Gasteiger charge is -2.18. The number of ether oxygens (including phenoxy) is 2. The van der Waals surface area contributed by atoms with E-state index >= 15 is 0 Å². The van der Waals surface area contributed by atoms with Gasteiger partial charge in [-0.25, -0.2) is 0 Å². The van der Waals surface area contributed by atoms with Crippen molar-refractivity contribution in [3.05, 3.63) is 20.2 Å². The van der Waals surface area contributed by atoms with Crippen LogP contribution in [0.1, 0.15) is 27.2 Å². The molecule has 0 aliphatic carbocycles. The van der Waals surface area contributed by atoms with Crippen molar-refractivity contribution in [1.82, 2.24) is 0 Å². The van der Waals surface area contributed by atoms with E-state index in [-0.39, 0.29) is 13.2 Å². The number of hydrogen-bond donors (Lipinski definition) is 0. The van der Waals surface area contributed by atoms with Gasteiger partial charge in [0.25, 0.3) is 0 Å². The zero-order valence-electron chi connectivity index (χ0n) is 11.4. The summed E-state index contributed by atoms with van der Waals surface area (Å²) in [6.07, 6.45) is -0.940. The molecule has 114 valence electrons. The molecule has 0 aliphatic heterocycles. The Bertz CT molecular complexity index is 376. The van der Waals surface area contributed by atoms with Crippen molar-refractivity contribution in [2.24, 2.45) is 5.92 Å². The van der Waals surface area contributed by atoms with E-state index in [9.17, 15) is 29.8 Å². The Morgan fingerprint density at radius 2 is 1.40 bits per heavy atom. The Balaban J connectivity index is 5.33. The zero-order chi connectivity index (χ0) is 15.9. The first-order valence-electron chi connectivity index (χ1n) is 5.82. The third kappa shape index (κ3) is 4.14. The van der Waals surface area contributed by atoms with Crippen molar-refractivity contribution in [3.63, 3.8) is 0 Å². The van der Waals surface area contributed by atoms with E-state index in [1.54, 1.807) is 0 Å². The standard InChI is InChI=1S/C10H16N2O8/c1-4-19-8(13)7(9(14)20-5-2)6-10(3,11(15)16)12(17)18/h7H,4-6H2,1-3H3. The maximum absolute atomic E-state index is 11.6. The van der Waals surface area contributed by atoms with Gasteiger partial charge in [-0.05, 0) is 13.8 Å². The molecule has 0 bridgehead atoms. The fourth-order valence-corrected chi connectivity index (χ4v) is 1.35. The molecule has 0 spiro atoms. The molecule has 0 amide bonds. The molecule has 10 heteroatoms. The van der Waals surface area contributed by atoms with Gasteiger partial charge in [0, 0.05) is 0 Å². The normalized spacial score (nSPS) is 11.0. The molecular formula is C10H16N2O8. The highest BCUT2D eigenvalue weighted by atomic mass is 16.7. The second kappa shape index (κ2) is 7.36. The van der Waals surface area contributed by atoms with Crippen LogP contribution >= 0.6 is 0 Å². The van der Waals surface area contributed by atoms with E-state index in [2.05, 4.69) is 9.47 Å². The fourth-order valence-electron chi connectivity index (χ4n) is 1.35. The lowest BCUT2D eigenvalue weighted by atomic mass is 9.96. The summed E-state index contributed by atoms with van der Waals surface area (Å²) in [7, 11) is 0. The first-order chi connectivity index (χ1) is 9.20. The van der Waals surface area contributed by atoms with E-state index < -0.39 is 39.8 Å². The van der Waals surface area contributed by atoms with Crippen LogP contribution in [-0.4, -0.2) is 40.7 Å². The monoisotopic (exact) mass is 292 g/mol. The van der Waals surface area contributed by atoms with Gasteiger partial charge in [-0.15, -0.1) is 0 Å². The van der Waals surface area contributed by atoms with Gasteiger partial charge in [0.15, 0.2) is 5.92 Å². The molecule has 0 fully saturated rings. The minimum atomic E-state index is -2.68. The number of rotatable bonds is 8. The molecule has 0 saturated heterocycles. The van der Waals surface area contributed by atoms with Crippen LogP contribution in [0.3, 0.4) is 0 Å². The average molecular weight is 292 g/mol. The molecule has 0 aromatic heterocycles. The predicted octanol–water partition coefficient (Wildman–Crippen LogP) is 0.389. The minimum absolute atomic E-state index is 0.0671. The maximum Gasteiger partial charge on any atom is 0.457 e. The Kier molecular flexibility index (Phi) is 6.53. The summed E-state index contributed by atoms with van der Waals surface area (Å²) in [5.41, 5.74) is -2.68. The molecular weight excluding hydrogens is 276 g/mol. The Morgan fingerprint density at radius 3 is 1.65 bits per heavy atom.